The van der Waals surface area contributed by atoms with Gasteiger partial charge in [-0.2, -0.15) is 0 Å². The van der Waals surface area contributed by atoms with Crippen molar-refractivity contribution in [1.29, 1.82) is 0 Å². The van der Waals surface area contributed by atoms with E-state index in [2.05, 4.69) is 5.32 Å². The molecule has 1 aliphatic heterocycles. The zero-order valence-electron chi connectivity index (χ0n) is 11.2. The number of hydrogen-bond acceptors (Lipinski definition) is 5. The maximum absolute atomic E-state index is 11.9. The van der Waals surface area contributed by atoms with E-state index in [0.717, 1.165) is 16.8 Å². The third-order valence-corrected chi connectivity index (χ3v) is 3.21. The van der Waals surface area contributed by atoms with Crippen LogP contribution in [0.15, 0.2) is 12.3 Å². The van der Waals surface area contributed by atoms with Gasteiger partial charge in [0.1, 0.15) is 12.2 Å². The van der Waals surface area contributed by atoms with Crippen LogP contribution in [0.2, 0.25) is 0 Å². The molecule has 0 aliphatic carbocycles. The number of rotatable bonds is 5. The molecule has 1 saturated heterocycles. The molecule has 1 aromatic heterocycles. The number of nitrogens with zero attached hydrogens (tertiary/aromatic N) is 2. The molecule has 0 unspecified atom stereocenters. The van der Waals surface area contributed by atoms with Crippen molar-refractivity contribution >= 4 is 17.6 Å². The zero-order chi connectivity index (χ0) is 15.4. The number of carbonyl (C=O) groups excluding carboxylic acids is 1. The van der Waals surface area contributed by atoms with Crippen LogP contribution in [0, 0.1) is 10.1 Å². The largest absolute Gasteiger partial charge is 0.477 e. The summed E-state index contributed by atoms with van der Waals surface area (Å²) in [7, 11) is 0. The Morgan fingerprint density at radius 3 is 2.71 bits per heavy atom. The molecule has 1 aliphatic rings. The van der Waals surface area contributed by atoms with Crippen molar-refractivity contribution in [1.82, 2.24) is 9.88 Å². The first-order chi connectivity index (χ1) is 9.97. The molecule has 0 saturated carbocycles. The molecule has 0 aromatic carbocycles. The van der Waals surface area contributed by atoms with E-state index in [9.17, 15) is 19.7 Å². The zero-order valence-corrected chi connectivity index (χ0v) is 11.2. The summed E-state index contributed by atoms with van der Waals surface area (Å²) in [5.74, 6) is -1.70. The summed E-state index contributed by atoms with van der Waals surface area (Å²) in [4.78, 5) is 32.9. The lowest BCUT2D eigenvalue weighted by Gasteiger charge is -2.23. The molecule has 21 heavy (non-hydrogen) atoms. The van der Waals surface area contributed by atoms with Gasteiger partial charge in [-0.3, -0.25) is 14.9 Å². The fourth-order valence-electron chi connectivity index (χ4n) is 2.17. The van der Waals surface area contributed by atoms with E-state index in [1.54, 1.807) is 0 Å². The summed E-state index contributed by atoms with van der Waals surface area (Å²) >= 11 is 0. The Kier molecular flexibility index (Phi) is 4.53. The molecule has 2 N–H and O–H groups in total. The van der Waals surface area contributed by atoms with Gasteiger partial charge in [0.2, 0.25) is 5.91 Å². The lowest BCUT2D eigenvalue weighted by atomic mass is 10.1. The smallest absolute Gasteiger partial charge is 0.352 e. The summed E-state index contributed by atoms with van der Waals surface area (Å²) in [5, 5.41) is 22.4. The highest BCUT2D eigenvalue weighted by Gasteiger charge is 2.21. The van der Waals surface area contributed by atoms with Crippen molar-refractivity contribution in [3.8, 4) is 0 Å². The molecule has 0 spiro atoms. The van der Waals surface area contributed by atoms with Crippen molar-refractivity contribution in [2.24, 2.45) is 0 Å². The number of ether oxygens (including phenoxy) is 1. The number of nitro groups is 1. The standard InChI is InChI=1S/C12H15N3O6/c16-11(13-8-1-3-21-4-2-8)7-14-6-9(15(19)20)5-10(14)12(17)18/h5-6,8H,1-4,7H2,(H,13,16)(H,17,18). The van der Waals surface area contributed by atoms with Crippen LogP contribution in [-0.4, -0.2) is 45.7 Å². The van der Waals surface area contributed by atoms with Gasteiger partial charge in [-0.15, -0.1) is 0 Å². The number of amides is 1. The van der Waals surface area contributed by atoms with E-state index in [0.29, 0.717) is 26.1 Å². The highest BCUT2D eigenvalue weighted by atomic mass is 16.6. The molecule has 0 atom stereocenters. The minimum absolute atomic E-state index is 0.00919. The number of carbonyl (C=O) groups is 2. The highest BCUT2D eigenvalue weighted by Crippen LogP contribution is 2.16. The van der Waals surface area contributed by atoms with Gasteiger partial charge in [-0.05, 0) is 12.8 Å². The second-order valence-electron chi connectivity index (χ2n) is 4.73. The molecule has 9 heteroatoms. The molecule has 0 bridgehead atoms. The first-order valence-electron chi connectivity index (χ1n) is 6.42. The lowest BCUT2D eigenvalue weighted by Crippen LogP contribution is -2.40. The molecule has 1 fully saturated rings. The maximum Gasteiger partial charge on any atom is 0.352 e. The Morgan fingerprint density at radius 1 is 1.48 bits per heavy atom. The van der Waals surface area contributed by atoms with Gasteiger partial charge < -0.3 is 19.7 Å². The van der Waals surface area contributed by atoms with E-state index < -0.39 is 10.9 Å². The van der Waals surface area contributed by atoms with Crippen molar-refractivity contribution in [3.05, 3.63) is 28.1 Å². The van der Waals surface area contributed by atoms with Crippen molar-refractivity contribution in [2.75, 3.05) is 13.2 Å². The first kappa shape index (κ1) is 15.0. The maximum atomic E-state index is 11.9. The third-order valence-electron chi connectivity index (χ3n) is 3.21. The molecule has 0 radical (unpaired) electrons. The Bertz CT molecular complexity index is 561. The number of carboxylic acids is 1. The normalized spacial score (nSPS) is 15.6. The van der Waals surface area contributed by atoms with Crippen molar-refractivity contribution < 1.29 is 24.4 Å². The van der Waals surface area contributed by atoms with Gasteiger partial charge in [0.15, 0.2) is 0 Å². The average Bonchev–Trinajstić information content (AvgIpc) is 2.84. The number of hydrogen-bond donors (Lipinski definition) is 2. The van der Waals surface area contributed by atoms with Gasteiger partial charge in [0, 0.05) is 25.3 Å². The van der Waals surface area contributed by atoms with Crippen LogP contribution in [0.4, 0.5) is 5.69 Å². The minimum atomic E-state index is -1.32. The van der Waals surface area contributed by atoms with Crippen LogP contribution in [0.3, 0.4) is 0 Å². The van der Waals surface area contributed by atoms with E-state index >= 15 is 0 Å². The second-order valence-corrected chi connectivity index (χ2v) is 4.73. The summed E-state index contributed by atoms with van der Waals surface area (Å²) in [5.41, 5.74) is -0.643. The van der Waals surface area contributed by atoms with Crippen LogP contribution in [0.5, 0.6) is 0 Å². The lowest BCUT2D eigenvalue weighted by molar-refractivity contribution is -0.384. The highest BCUT2D eigenvalue weighted by molar-refractivity contribution is 5.88. The molecular weight excluding hydrogens is 282 g/mol. The van der Waals surface area contributed by atoms with Gasteiger partial charge in [-0.1, -0.05) is 0 Å². The van der Waals surface area contributed by atoms with Crippen LogP contribution in [0.25, 0.3) is 0 Å². The number of carboxylic acid groups (broad SMARTS) is 1. The van der Waals surface area contributed by atoms with E-state index in [1.165, 1.54) is 0 Å². The Balaban J connectivity index is 2.05. The van der Waals surface area contributed by atoms with Gasteiger partial charge in [-0.25, -0.2) is 4.79 Å². The molecule has 1 amide bonds. The Hall–Kier alpha value is -2.42. The predicted molar refractivity (Wildman–Crippen MR) is 70.0 cm³/mol. The second kappa shape index (κ2) is 6.35. The average molecular weight is 297 g/mol. The SMILES string of the molecule is O=C(Cn1cc([N+](=O)[O-])cc1C(=O)O)NC1CCOCC1. The minimum Gasteiger partial charge on any atom is -0.477 e. The Labute approximate surface area is 119 Å². The molecule has 9 nitrogen and oxygen atoms in total. The topological polar surface area (TPSA) is 124 Å². The molecule has 1 aromatic rings. The number of aromatic nitrogens is 1. The monoisotopic (exact) mass is 297 g/mol. The fraction of sp³-hybridized carbons (Fsp3) is 0.500. The van der Waals surface area contributed by atoms with Gasteiger partial charge in [0.05, 0.1) is 11.1 Å². The number of nitrogens with one attached hydrogen (secondary N) is 1. The molecule has 2 rings (SSSR count). The molecular formula is C12H15N3O6. The van der Waals surface area contributed by atoms with Crippen LogP contribution in [-0.2, 0) is 16.1 Å². The number of aromatic carboxylic acids is 1. The first-order valence-corrected chi connectivity index (χ1v) is 6.42. The predicted octanol–water partition coefficient (Wildman–Crippen LogP) is 0.390. The van der Waals surface area contributed by atoms with Gasteiger partial charge in [0.25, 0.3) is 5.69 Å². The van der Waals surface area contributed by atoms with Crippen LogP contribution >= 0.6 is 0 Å². The summed E-state index contributed by atoms with van der Waals surface area (Å²) < 4.78 is 6.24. The molecule has 2 heterocycles. The van der Waals surface area contributed by atoms with Crippen LogP contribution < -0.4 is 5.32 Å². The Morgan fingerprint density at radius 2 is 2.14 bits per heavy atom. The third kappa shape index (κ3) is 3.78. The molecule has 114 valence electrons. The quantitative estimate of drug-likeness (QED) is 0.598. The van der Waals surface area contributed by atoms with Crippen LogP contribution in [0.1, 0.15) is 23.3 Å². The van der Waals surface area contributed by atoms with Gasteiger partial charge >= 0.3 is 5.97 Å². The van der Waals surface area contributed by atoms with Crippen molar-refractivity contribution in [2.45, 2.75) is 25.4 Å². The van der Waals surface area contributed by atoms with Crippen molar-refractivity contribution in [3.63, 3.8) is 0 Å². The summed E-state index contributed by atoms with van der Waals surface area (Å²) in [6, 6.07) is 0.925. The fourth-order valence-corrected chi connectivity index (χ4v) is 2.17. The van der Waals surface area contributed by atoms with E-state index in [1.807, 2.05) is 0 Å². The van der Waals surface area contributed by atoms with E-state index in [-0.39, 0.29) is 29.9 Å². The summed E-state index contributed by atoms with van der Waals surface area (Å²) in [6.45, 7) is 0.869. The van der Waals surface area contributed by atoms with E-state index in [4.69, 9.17) is 9.84 Å². The summed E-state index contributed by atoms with van der Waals surface area (Å²) in [6.07, 6.45) is 2.44.